The number of nitrogen functional groups attached to an aromatic ring is 1. The Labute approximate surface area is 200 Å². The second kappa shape index (κ2) is 9.20. The molecule has 31 heavy (non-hydrogen) atoms. The molecule has 11 heteroatoms. The zero-order valence-electron chi connectivity index (χ0n) is 17.4. The Morgan fingerprint density at radius 3 is 2.74 bits per heavy atom. The van der Waals surface area contributed by atoms with Crippen molar-refractivity contribution in [3.05, 3.63) is 33.2 Å². The van der Waals surface area contributed by atoms with Gasteiger partial charge in [0.05, 0.1) is 5.75 Å². The summed E-state index contributed by atoms with van der Waals surface area (Å²) in [7, 11) is -3.33. The van der Waals surface area contributed by atoms with Crippen LogP contribution in [0.25, 0.3) is 11.2 Å². The summed E-state index contributed by atoms with van der Waals surface area (Å²) in [4.78, 5) is 14.2. The van der Waals surface area contributed by atoms with E-state index >= 15 is 0 Å². The third kappa shape index (κ3) is 5.15. The molecule has 0 unspecified atom stereocenters. The summed E-state index contributed by atoms with van der Waals surface area (Å²) in [6, 6.07) is 4.51. The van der Waals surface area contributed by atoms with Crippen molar-refractivity contribution in [3.8, 4) is 0 Å². The molecule has 0 saturated carbocycles. The van der Waals surface area contributed by atoms with E-state index < -0.39 is 10.0 Å². The number of nitrogens with two attached hydrogens (primary N) is 1. The van der Waals surface area contributed by atoms with Crippen molar-refractivity contribution in [1.29, 1.82) is 0 Å². The summed E-state index contributed by atoms with van der Waals surface area (Å²) in [6.07, 6.45) is 4.84. The fourth-order valence-electron chi connectivity index (χ4n) is 3.77. The standard InChI is InChI=1S/C20H25IN6O2S2/c1-12(2)10-31(28,29)25-6-7-27-19-17(18(22)23-11-24-19)26-20(27)30-16-9-14-5-3-4-13(14)8-15(16)21/h8-9,11-12,25H,3-7,10H2,1-2H3,(H2,22,23,24). The van der Waals surface area contributed by atoms with Gasteiger partial charge in [-0.15, -0.1) is 0 Å². The third-order valence-electron chi connectivity index (χ3n) is 5.08. The Kier molecular flexibility index (Phi) is 6.75. The lowest BCUT2D eigenvalue weighted by Crippen LogP contribution is -2.31. The molecule has 166 valence electrons. The maximum atomic E-state index is 12.2. The van der Waals surface area contributed by atoms with Gasteiger partial charge in [-0.2, -0.15) is 0 Å². The highest BCUT2D eigenvalue weighted by Crippen LogP contribution is 2.36. The van der Waals surface area contributed by atoms with Crippen molar-refractivity contribution < 1.29 is 8.42 Å². The minimum Gasteiger partial charge on any atom is -0.382 e. The minimum atomic E-state index is -3.33. The lowest BCUT2D eigenvalue weighted by atomic mass is 10.1. The topological polar surface area (TPSA) is 116 Å². The van der Waals surface area contributed by atoms with E-state index in [2.05, 4.69) is 49.4 Å². The van der Waals surface area contributed by atoms with E-state index in [4.69, 9.17) is 10.7 Å². The molecule has 3 aromatic rings. The molecule has 2 aromatic heterocycles. The van der Waals surface area contributed by atoms with Crippen LogP contribution in [0, 0.1) is 9.49 Å². The molecule has 0 radical (unpaired) electrons. The van der Waals surface area contributed by atoms with Gasteiger partial charge in [0.15, 0.2) is 22.1 Å². The number of sulfonamides is 1. The molecular weight excluding hydrogens is 547 g/mol. The SMILES string of the molecule is CC(C)CS(=O)(=O)NCCn1c(Sc2cc3c(cc2I)CCC3)nc2c(N)ncnc21. The lowest BCUT2D eigenvalue weighted by Gasteiger charge is -2.12. The molecule has 0 saturated heterocycles. The van der Waals surface area contributed by atoms with E-state index in [1.165, 1.54) is 27.4 Å². The van der Waals surface area contributed by atoms with Gasteiger partial charge in [0.2, 0.25) is 10.0 Å². The molecule has 0 atom stereocenters. The van der Waals surface area contributed by atoms with Gasteiger partial charge in [0.1, 0.15) is 6.33 Å². The van der Waals surface area contributed by atoms with Crippen molar-refractivity contribution in [3.63, 3.8) is 0 Å². The van der Waals surface area contributed by atoms with Crippen LogP contribution in [0.2, 0.25) is 0 Å². The first-order valence-electron chi connectivity index (χ1n) is 10.2. The number of benzene rings is 1. The van der Waals surface area contributed by atoms with Crippen LogP contribution in [-0.2, 0) is 29.4 Å². The monoisotopic (exact) mass is 572 g/mol. The number of aromatic nitrogens is 4. The molecule has 0 aliphatic heterocycles. The summed E-state index contributed by atoms with van der Waals surface area (Å²) in [5.41, 5.74) is 10.0. The number of aryl methyl sites for hydroxylation is 2. The summed E-state index contributed by atoms with van der Waals surface area (Å²) >= 11 is 3.92. The predicted molar refractivity (Wildman–Crippen MR) is 132 cm³/mol. The number of imidazole rings is 1. The highest BCUT2D eigenvalue weighted by Gasteiger charge is 2.20. The van der Waals surface area contributed by atoms with Crippen molar-refractivity contribution in [1.82, 2.24) is 24.2 Å². The van der Waals surface area contributed by atoms with Crippen LogP contribution in [0.15, 0.2) is 28.5 Å². The van der Waals surface area contributed by atoms with E-state index in [0.29, 0.717) is 23.5 Å². The predicted octanol–water partition coefficient (Wildman–Crippen LogP) is 3.23. The first kappa shape index (κ1) is 22.7. The molecular formula is C20H25IN6O2S2. The Morgan fingerprint density at radius 1 is 1.26 bits per heavy atom. The van der Waals surface area contributed by atoms with Gasteiger partial charge in [0.25, 0.3) is 0 Å². The Bertz CT molecular complexity index is 1230. The second-order valence-corrected chi connectivity index (χ2v) is 12.1. The summed E-state index contributed by atoms with van der Waals surface area (Å²) in [5, 5.41) is 0.723. The average molecular weight is 572 g/mol. The van der Waals surface area contributed by atoms with Crippen LogP contribution in [0.1, 0.15) is 31.4 Å². The molecule has 0 amide bonds. The van der Waals surface area contributed by atoms with Crippen molar-refractivity contribution in [2.45, 2.75) is 49.7 Å². The fraction of sp³-hybridized carbons (Fsp3) is 0.450. The number of hydrogen-bond donors (Lipinski definition) is 2. The maximum Gasteiger partial charge on any atom is 0.211 e. The Balaban J connectivity index is 1.64. The molecule has 2 heterocycles. The molecule has 0 fully saturated rings. The first-order chi connectivity index (χ1) is 14.7. The van der Waals surface area contributed by atoms with Crippen molar-refractivity contribution >= 4 is 61.4 Å². The highest BCUT2D eigenvalue weighted by atomic mass is 127. The summed E-state index contributed by atoms with van der Waals surface area (Å²) in [5.74, 6) is 0.476. The van der Waals surface area contributed by atoms with Crippen LogP contribution in [0.3, 0.4) is 0 Å². The molecule has 4 rings (SSSR count). The third-order valence-corrected chi connectivity index (χ3v) is 9.14. The fourth-order valence-corrected chi connectivity index (χ4v) is 7.01. The van der Waals surface area contributed by atoms with Gasteiger partial charge in [-0.25, -0.2) is 28.1 Å². The second-order valence-electron chi connectivity index (χ2n) is 8.05. The highest BCUT2D eigenvalue weighted by molar-refractivity contribution is 14.1. The summed E-state index contributed by atoms with van der Waals surface area (Å²) < 4.78 is 30.2. The number of rotatable bonds is 8. The first-order valence-corrected chi connectivity index (χ1v) is 13.7. The van der Waals surface area contributed by atoms with E-state index in [-0.39, 0.29) is 18.2 Å². The molecule has 8 nitrogen and oxygen atoms in total. The van der Waals surface area contributed by atoms with Gasteiger partial charge in [-0.05, 0) is 71.0 Å². The van der Waals surface area contributed by atoms with E-state index in [0.717, 1.165) is 22.9 Å². The van der Waals surface area contributed by atoms with Crippen LogP contribution >= 0.6 is 34.4 Å². The van der Waals surface area contributed by atoms with Crippen molar-refractivity contribution in [2.75, 3.05) is 18.0 Å². The Morgan fingerprint density at radius 2 is 2.00 bits per heavy atom. The molecule has 1 aliphatic rings. The van der Waals surface area contributed by atoms with Gasteiger partial charge >= 0.3 is 0 Å². The van der Waals surface area contributed by atoms with Crippen LogP contribution in [-0.4, -0.2) is 40.2 Å². The largest absolute Gasteiger partial charge is 0.382 e. The molecule has 0 spiro atoms. The van der Waals surface area contributed by atoms with Gasteiger partial charge < -0.3 is 10.3 Å². The minimum absolute atomic E-state index is 0.0621. The van der Waals surface area contributed by atoms with Gasteiger partial charge in [0, 0.05) is 21.6 Å². The molecule has 1 aromatic carbocycles. The van der Waals surface area contributed by atoms with E-state index in [9.17, 15) is 8.42 Å². The zero-order chi connectivity index (χ0) is 22.2. The maximum absolute atomic E-state index is 12.2. The number of nitrogens with zero attached hydrogens (tertiary/aromatic N) is 4. The number of anilines is 1. The van der Waals surface area contributed by atoms with Gasteiger partial charge in [-0.3, -0.25) is 0 Å². The number of halogens is 1. The van der Waals surface area contributed by atoms with Crippen LogP contribution in [0.5, 0.6) is 0 Å². The number of fused-ring (bicyclic) bond motifs is 2. The van der Waals surface area contributed by atoms with Gasteiger partial charge in [-0.1, -0.05) is 25.6 Å². The number of hydrogen-bond acceptors (Lipinski definition) is 7. The Hall–Kier alpha value is -1.44. The molecule has 0 bridgehead atoms. The van der Waals surface area contributed by atoms with Crippen LogP contribution in [0.4, 0.5) is 5.82 Å². The lowest BCUT2D eigenvalue weighted by molar-refractivity contribution is 0.556. The smallest absolute Gasteiger partial charge is 0.211 e. The molecule has 1 aliphatic carbocycles. The average Bonchev–Trinajstić information content (AvgIpc) is 3.26. The van der Waals surface area contributed by atoms with Crippen LogP contribution < -0.4 is 10.5 Å². The number of nitrogens with one attached hydrogen (secondary N) is 1. The van der Waals surface area contributed by atoms with E-state index in [1.807, 2.05) is 18.4 Å². The normalized spacial score (nSPS) is 13.9. The van der Waals surface area contributed by atoms with E-state index in [1.54, 1.807) is 11.8 Å². The molecule has 3 N–H and O–H groups in total. The quantitative estimate of drug-likeness (QED) is 0.399. The summed E-state index contributed by atoms with van der Waals surface area (Å²) in [6.45, 7) is 4.41. The van der Waals surface area contributed by atoms with Crippen molar-refractivity contribution in [2.24, 2.45) is 5.92 Å². The zero-order valence-corrected chi connectivity index (χ0v) is 21.2.